The van der Waals surface area contributed by atoms with Gasteiger partial charge in [-0.3, -0.25) is 0 Å². The summed E-state index contributed by atoms with van der Waals surface area (Å²) < 4.78 is 18.2. The van der Waals surface area contributed by atoms with Gasteiger partial charge in [0.15, 0.2) is 5.82 Å². The standard InChI is InChI=1S/C15H18FN3O2/c1-15(2,3)21-14(20)18-9-5-4-6-11-7-8-12(16)13(10-17)19-11/h7-8,10,17H,5,9H2,1-3H3,(H,18,20). The van der Waals surface area contributed by atoms with Crippen LogP contribution in [0.5, 0.6) is 0 Å². The van der Waals surface area contributed by atoms with Gasteiger partial charge >= 0.3 is 6.09 Å². The molecule has 0 unspecified atom stereocenters. The number of alkyl carbamates (subject to hydrolysis) is 1. The minimum atomic E-state index is -0.554. The number of nitrogens with zero attached hydrogens (tertiary/aromatic N) is 1. The molecule has 1 rings (SSSR count). The van der Waals surface area contributed by atoms with Crippen molar-refractivity contribution in [3.8, 4) is 11.8 Å². The first-order valence-electron chi connectivity index (χ1n) is 6.44. The van der Waals surface area contributed by atoms with Gasteiger partial charge in [-0.25, -0.2) is 14.2 Å². The normalized spacial score (nSPS) is 10.3. The zero-order valence-corrected chi connectivity index (χ0v) is 12.3. The van der Waals surface area contributed by atoms with Crippen LogP contribution < -0.4 is 5.32 Å². The number of halogens is 1. The highest BCUT2D eigenvalue weighted by Gasteiger charge is 2.15. The zero-order chi connectivity index (χ0) is 15.9. The van der Waals surface area contributed by atoms with E-state index in [-0.39, 0.29) is 5.69 Å². The molecule has 0 radical (unpaired) electrons. The molecule has 0 spiro atoms. The van der Waals surface area contributed by atoms with Crippen molar-refractivity contribution in [2.45, 2.75) is 32.8 Å². The molecule has 0 fully saturated rings. The number of pyridine rings is 1. The molecule has 0 bridgehead atoms. The van der Waals surface area contributed by atoms with E-state index in [0.717, 1.165) is 6.21 Å². The topological polar surface area (TPSA) is 75.1 Å². The van der Waals surface area contributed by atoms with Crippen molar-refractivity contribution < 1.29 is 13.9 Å². The Balaban J connectivity index is 2.43. The summed E-state index contributed by atoms with van der Waals surface area (Å²) in [4.78, 5) is 15.2. The molecule has 1 amide bonds. The highest BCUT2D eigenvalue weighted by molar-refractivity contribution is 5.74. The molecule has 6 heteroatoms. The molecular weight excluding hydrogens is 273 g/mol. The molecule has 0 saturated heterocycles. The molecule has 0 aliphatic carbocycles. The molecule has 0 saturated carbocycles. The van der Waals surface area contributed by atoms with Gasteiger partial charge in [0.2, 0.25) is 0 Å². The molecule has 0 aromatic carbocycles. The summed E-state index contributed by atoms with van der Waals surface area (Å²) in [6, 6.07) is 2.66. The smallest absolute Gasteiger partial charge is 0.407 e. The number of carbonyl (C=O) groups is 1. The SMILES string of the molecule is CC(C)(C)OC(=O)NCCC#Cc1ccc(F)c(C=N)n1. The van der Waals surface area contributed by atoms with Gasteiger partial charge in [0.1, 0.15) is 17.0 Å². The van der Waals surface area contributed by atoms with E-state index < -0.39 is 17.5 Å². The predicted octanol–water partition coefficient (Wildman–Crippen LogP) is 2.48. The lowest BCUT2D eigenvalue weighted by atomic mass is 10.2. The van der Waals surface area contributed by atoms with Crippen LogP contribution in [0, 0.1) is 23.1 Å². The summed E-state index contributed by atoms with van der Waals surface area (Å²) >= 11 is 0. The third-order valence-electron chi connectivity index (χ3n) is 2.14. The minimum Gasteiger partial charge on any atom is -0.444 e. The number of aromatic nitrogens is 1. The fourth-order valence-electron chi connectivity index (χ4n) is 1.32. The Morgan fingerprint density at radius 1 is 1.52 bits per heavy atom. The second-order valence-corrected chi connectivity index (χ2v) is 5.19. The maximum Gasteiger partial charge on any atom is 0.407 e. The maximum absolute atomic E-state index is 13.1. The minimum absolute atomic E-state index is 0.0475. The summed E-state index contributed by atoms with van der Waals surface area (Å²) in [5, 5.41) is 9.58. The lowest BCUT2D eigenvalue weighted by Crippen LogP contribution is -2.32. The Morgan fingerprint density at radius 2 is 2.24 bits per heavy atom. The van der Waals surface area contributed by atoms with Crippen LogP contribution >= 0.6 is 0 Å². The molecule has 0 aliphatic rings. The van der Waals surface area contributed by atoms with Gasteiger partial charge in [-0.05, 0) is 38.8 Å². The summed E-state index contributed by atoms with van der Waals surface area (Å²) in [6.07, 6.45) is 0.762. The van der Waals surface area contributed by atoms with Crippen molar-refractivity contribution in [3.63, 3.8) is 0 Å². The molecule has 112 valence electrons. The number of hydrogen-bond acceptors (Lipinski definition) is 4. The van der Waals surface area contributed by atoms with Crippen LogP contribution in [0.1, 0.15) is 38.6 Å². The highest BCUT2D eigenvalue weighted by Crippen LogP contribution is 2.06. The fraction of sp³-hybridized carbons (Fsp3) is 0.400. The number of nitrogens with one attached hydrogen (secondary N) is 2. The first-order valence-corrected chi connectivity index (χ1v) is 6.44. The van der Waals surface area contributed by atoms with Crippen molar-refractivity contribution in [2.75, 3.05) is 6.54 Å². The van der Waals surface area contributed by atoms with E-state index in [4.69, 9.17) is 10.1 Å². The monoisotopic (exact) mass is 291 g/mol. The second-order valence-electron chi connectivity index (χ2n) is 5.19. The average molecular weight is 291 g/mol. The Morgan fingerprint density at radius 3 is 2.86 bits per heavy atom. The molecule has 0 aliphatic heterocycles. The van der Waals surface area contributed by atoms with Crippen molar-refractivity contribution in [3.05, 3.63) is 29.3 Å². The van der Waals surface area contributed by atoms with E-state index in [1.807, 2.05) is 0 Å². The summed E-state index contributed by atoms with van der Waals surface area (Å²) in [5.41, 5.74) is -0.197. The number of rotatable bonds is 3. The molecule has 2 N–H and O–H groups in total. The molecule has 5 nitrogen and oxygen atoms in total. The second kappa shape index (κ2) is 7.39. The average Bonchev–Trinajstić information content (AvgIpc) is 2.38. The number of ether oxygens (including phenoxy) is 1. The number of amides is 1. The fourth-order valence-corrected chi connectivity index (χ4v) is 1.32. The molecule has 21 heavy (non-hydrogen) atoms. The summed E-state index contributed by atoms with van der Waals surface area (Å²) in [5.74, 6) is 5.00. The van der Waals surface area contributed by atoms with Crippen LogP contribution in [0.15, 0.2) is 12.1 Å². The Kier molecular flexibility index (Phi) is 5.85. The molecule has 1 aromatic rings. The van der Waals surface area contributed by atoms with Crippen molar-refractivity contribution in [1.29, 1.82) is 5.41 Å². The Hall–Kier alpha value is -2.42. The third-order valence-corrected chi connectivity index (χ3v) is 2.14. The van der Waals surface area contributed by atoms with Crippen LogP contribution in [-0.2, 0) is 4.74 Å². The van der Waals surface area contributed by atoms with Gasteiger partial charge in [-0.2, -0.15) is 0 Å². The van der Waals surface area contributed by atoms with Crippen molar-refractivity contribution in [2.24, 2.45) is 0 Å². The highest BCUT2D eigenvalue weighted by atomic mass is 19.1. The summed E-state index contributed by atoms with van der Waals surface area (Å²) in [6.45, 7) is 5.70. The van der Waals surface area contributed by atoms with Crippen molar-refractivity contribution >= 4 is 12.3 Å². The number of hydrogen-bond donors (Lipinski definition) is 2. The first kappa shape index (κ1) is 16.6. The lowest BCUT2D eigenvalue weighted by Gasteiger charge is -2.19. The maximum atomic E-state index is 13.1. The van der Waals surface area contributed by atoms with Gasteiger partial charge in [0.25, 0.3) is 0 Å². The van der Waals surface area contributed by atoms with Crippen LogP contribution in [0.4, 0.5) is 9.18 Å². The third kappa shape index (κ3) is 6.52. The number of carbonyl (C=O) groups excluding carboxylic acids is 1. The van der Waals surface area contributed by atoms with Gasteiger partial charge < -0.3 is 15.5 Å². The Labute approximate surface area is 123 Å². The van der Waals surface area contributed by atoms with E-state index in [2.05, 4.69) is 22.1 Å². The van der Waals surface area contributed by atoms with E-state index in [0.29, 0.717) is 18.7 Å². The lowest BCUT2D eigenvalue weighted by molar-refractivity contribution is 0.0529. The first-order chi connectivity index (χ1) is 9.81. The quantitative estimate of drug-likeness (QED) is 0.510. The molecule has 1 aromatic heterocycles. The summed E-state index contributed by atoms with van der Waals surface area (Å²) in [7, 11) is 0. The van der Waals surface area contributed by atoms with Gasteiger partial charge in [0, 0.05) is 19.2 Å². The van der Waals surface area contributed by atoms with Crippen LogP contribution in [0.3, 0.4) is 0 Å². The van der Waals surface area contributed by atoms with E-state index >= 15 is 0 Å². The van der Waals surface area contributed by atoms with Gasteiger partial charge in [0.05, 0.1) is 0 Å². The predicted molar refractivity (Wildman–Crippen MR) is 77.8 cm³/mol. The van der Waals surface area contributed by atoms with Crippen LogP contribution in [0.25, 0.3) is 0 Å². The molecule has 0 atom stereocenters. The zero-order valence-electron chi connectivity index (χ0n) is 12.3. The Bertz CT molecular complexity index is 583. The largest absolute Gasteiger partial charge is 0.444 e. The van der Waals surface area contributed by atoms with Crippen molar-refractivity contribution in [1.82, 2.24) is 10.3 Å². The van der Waals surface area contributed by atoms with Gasteiger partial charge in [-0.1, -0.05) is 5.92 Å². The molecule has 1 heterocycles. The van der Waals surface area contributed by atoms with E-state index in [9.17, 15) is 9.18 Å². The van der Waals surface area contributed by atoms with Gasteiger partial charge in [-0.15, -0.1) is 0 Å². The van der Waals surface area contributed by atoms with E-state index in [1.54, 1.807) is 20.8 Å². The van der Waals surface area contributed by atoms with Crippen LogP contribution in [0.2, 0.25) is 0 Å². The van der Waals surface area contributed by atoms with Crippen LogP contribution in [-0.4, -0.2) is 29.4 Å². The molecular formula is C15H18FN3O2. The van der Waals surface area contributed by atoms with E-state index in [1.165, 1.54) is 12.1 Å².